The van der Waals surface area contributed by atoms with Crippen LogP contribution in [0, 0.1) is 5.92 Å². The van der Waals surface area contributed by atoms with Crippen LogP contribution in [0.3, 0.4) is 0 Å². The Hall–Kier alpha value is -0.410. The molecule has 0 aromatic carbocycles. The Labute approximate surface area is 79.8 Å². The van der Waals surface area contributed by atoms with Gasteiger partial charge in [0.25, 0.3) is 0 Å². The number of nitrogens with zero attached hydrogens (tertiary/aromatic N) is 1. The first-order valence-corrected chi connectivity index (χ1v) is 4.80. The molecule has 3 heteroatoms. The van der Waals surface area contributed by atoms with Crippen LogP contribution in [0.4, 0.5) is 0 Å². The molecule has 0 amide bonds. The summed E-state index contributed by atoms with van der Waals surface area (Å²) in [6.45, 7) is 2.05. The fraction of sp³-hybridized carbons (Fsp3) is 0.444. The van der Waals surface area contributed by atoms with Crippen molar-refractivity contribution < 1.29 is 5.11 Å². The monoisotopic (exact) mass is 227 g/mol. The van der Waals surface area contributed by atoms with Gasteiger partial charge in [0.1, 0.15) is 0 Å². The summed E-state index contributed by atoms with van der Waals surface area (Å²) in [7, 11) is 0. The molecule has 1 unspecified atom stereocenters. The van der Waals surface area contributed by atoms with Crippen molar-refractivity contribution in [1.82, 2.24) is 4.98 Å². The first-order chi connectivity index (χ1) is 5.70. The highest BCUT2D eigenvalue weighted by molar-refractivity contribution is 9.10. The number of halogens is 1. The van der Waals surface area contributed by atoms with Crippen molar-refractivity contribution in [2.75, 3.05) is 0 Å². The summed E-state index contributed by atoms with van der Waals surface area (Å²) in [6, 6.07) is 0. The van der Waals surface area contributed by atoms with E-state index < -0.39 is 0 Å². The summed E-state index contributed by atoms with van der Waals surface area (Å²) in [5, 5.41) is 9.71. The third-order valence-electron chi connectivity index (χ3n) is 2.42. The summed E-state index contributed by atoms with van der Waals surface area (Å²) >= 11 is 3.43. The van der Waals surface area contributed by atoms with Crippen molar-refractivity contribution in [1.29, 1.82) is 0 Å². The van der Waals surface area contributed by atoms with Gasteiger partial charge >= 0.3 is 0 Å². The standard InChI is InChI=1S/C9H10BrNO/c1-5-2-6-7(9(5)12)3-11-4-8(6)10/h3-5,9,12H,2H2,1H3/t5?,9-/m1/s1. The molecule has 0 aliphatic heterocycles. The molecule has 0 radical (unpaired) electrons. The third kappa shape index (κ3) is 1.08. The minimum atomic E-state index is -0.329. The third-order valence-corrected chi connectivity index (χ3v) is 3.11. The van der Waals surface area contributed by atoms with E-state index in [2.05, 4.69) is 27.8 Å². The van der Waals surface area contributed by atoms with E-state index in [1.807, 2.05) is 0 Å². The lowest BCUT2D eigenvalue weighted by atomic mass is 10.1. The maximum Gasteiger partial charge on any atom is 0.0836 e. The molecule has 1 aliphatic rings. The SMILES string of the molecule is CC1Cc2c(Br)cncc2[C@@H]1O. The van der Waals surface area contributed by atoms with Gasteiger partial charge in [0.2, 0.25) is 0 Å². The molecule has 0 bridgehead atoms. The zero-order valence-corrected chi connectivity index (χ0v) is 8.37. The van der Waals surface area contributed by atoms with Gasteiger partial charge in [-0.1, -0.05) is 6.92 Å². The zero-order chi connectivity index (χ0) is 8.72. The van der Waals surface area contributed by atoms with Crippen LogP contribution in [0.1, 0.15) is 24.2 Å². The van der Waals surface area contributed by atoms with Crippen molar-refractivity contribution in [2.24, 2.45) is 5.92 Å². The maximum atomic E-state index is 9.71. The van der Waals surface area contributed by atoms with Gasteiger partial charge in [-0.3, -0.25) is 4.98 Å². The van der Waals surface area contributed by atoms with Crippen LogP contribution >= 0.6 is 15.9 Å². The molecule has 0 spiro atoms. The Balaban J connectivity index is 2.53. The van der Waals surface area contributed by atoms with E-state index in [4.69, 9.17) is 0 Å². The molecule has 2 nitrogen and oxygen atoms in total. The van der Waals surface area contributed by atoms with Crippen molar-refractivity contribution in [3.63, 3.8) is 0 Å². The number of pyridine rings is 1. The molecule has 1 aromatic rings. The van der Waals surface area contributed by atoms with E-state index in [0.29, 0.717) is 5.92 Å². The Morgan fingerprint density at radius 3 is 3.00 bits per heavy atom. The molecule has 0 fully saturated rings. The molecule has 0 saturated carbocycles. The molecular weight excluding hydrogens is 218 g/mol. The van der Waals surface area contributed by atoms with E-state index in [1.165, 1.54) is 5.56 Å². The Morgan fingerprint density at radius 2 is 2.33 bits per heavy atom. The smallest absolute Gasteiger partial charge is 0.0836 e. The van der Waals surface area contributed by atoms with E-state index in [0.717, 1.165) is 16.5 Å². The Bertz CT molecular complexity index is 313. The van der Waals surface area contributed by atoms with E-state index >= 15 is 0 Å². The molecular formula is C9H10BrNO. The zero-order valence-electron chi connectivity index (χ0n) is 6.79. The molecule has 12 heavy (non-hydrogen) atoms. The average molecular weight is 228 g/mol. The van der Waals surface area contributed by atoms with Gasteiger partial charge < -0.3 is 5.11 Å². The summed E-state index contributed by atoms with van der Waals surface area (Å²) in [5.41, 5.74) is 2.20. The van der Waals surface area contributed by atoms with Crippen LogP contribution in [0.15, 0.2) is 16.9 Å². The van der Waals surface area contributed by atoms with Crippen molar-refractivity contribution >= 4 is 15.9 Å². The molecule has 0 saturated heterocycles. The number of rotatable bonds is 0. The second kappa shape index (κ2) is 2.82. The quantitative estimate of drug-likeness (QED) is 0.737. The van der Waals surface area contributed by atoms with Gasteiger partial charge in [-0.05, 0) is 33.8 Å². The molecule has 1 heterocycles. The lowest BCUT2D eigenvalue weighted by Gasteiger charge is -2.06. The molecule has 2 rings (SSSR count). The lowest BCUT2D eigenvalue weighted by Crippen LogP contribution is -2.01. The number of aliphatic hydroxyl groups excluding tert-OH is 1. The highest BCUT2D eigenvalue weighted by Crippen LogP contribution is 2.38. The summed E-state index contributed by atoms with van der Waals surface area (Å²) in [6.07, 6.45) is 4.15. The van der Waals surface area contributed by atoms with Gasteiger partial charge in [-0.25, -0.2) is 0 Å². The number of aliphatic hydroxyl groups is 1. The topological polar surface area (TPSA) is 33.1 Å². The van der Waals surface area contributed by atoms with Gasteiger partial charge in [0.05, 0.1) is 6.10 Å². The Morgan fingerprint density at radius 1 is 1.58 bits per heavy atom. The van der Waals surface area contributed by atoms with E-state index in [1.54, 1.807) is 12.4 Å². The fourth-order valence-corrected chi connectivity index (χ4v) is 2.20. The normalized spacial score (nSPS) is 27.2. The average Bonchev–Trinajstić information content (AvgIpc) is 2.32. The van der Waals surface area contributed by atoms with Crippen LogP contribution in [0.5, 0.6) is 0 Å². The lowest BCUT2D eigenvalue weighted by molar-refractivity contribution is 0.132. The summed E-state index contributed by atoms with van der Waals surface area (Å²) in [5.74, 6) is 0.320. The van der Waals surface area contributed by atoms with Crippen LogP contribution in [-0.4, -0.2) is 10.1 Å². The van der Waals surface area contributed by atoms with Crippen LogP contribution in [-0.2, 0) is 6.42 Å². The van der Waals surface area contributed by atoms with Crippen LogP contribution in [0.25, 0.3) is 0 Å². The van der Waals surface area contributed by atoms with Gasteiger partial charge in [-0.2, -0.15) is 0 Å². The number of hydrogen-bond acceptors (Lipinski definition) is 2. The van der Waals surface area contributed by atoms with Crippen molar-refractivity contribution in [2.45, 2.75) is 19.4 Å². The summed E-state index contributed by atoms with van der Waals surface area (Å²) in [4.78, 5) is 4.03. The molecule has 2 atom stereocenters. The number of fused-ring (bicyclic) bond motifs is 1. The Kier molecular flexibility index (Phi) is 1.93. The predicted molar refractivity (Wildman–Crippen MR) is 49.8 cm³/mol. The minimum Gasteiger partial charge on any atom is -0.388 e. The van der Waals surface area contributed by atoms with Crippen LogP contribution in [0.2, 0.25) is 0 Å². The van der Waals surface area contributed by atoms with Crippen molar-refractivity contribution in [3.8, 4) is 0 Å². The van der Waals surface area contributed by atoms with Gasteiger partial charge in [0, 0.05) is 22.4 Å². The maximum absolute atomic E-state index is 9.71. The summed E-state index contributed by atoms with van der Waals surface area (Å²) < 4.78 is 1.02. The number of aromatic nitrogens is 1. The highest BCUT2D eigenvalue weighted by atomic mass is 79.9. The molecule has 64 valence electrons. The first kappa shape index (κ1) is 8.20. The van der Waals surface area contributed by atoms with Crippen molar-refractivity contribution in [3.05, 3.63) is 28.0 Å². The largest absolute Gasteiger partial charge is 0.388 e. The van der Waals surface area contributed by atoms with Crippen LogP contribution < -0.4 is 0 Å². The van der Waals surface area contributed by atoms with Gasteiger partial charge in [0.15, 0.2) is 0 Å². The second-order valence-corrected chi connectivity index (χ2v) is 4.17. The van der Waals surface area contributed by atoms with E-state index in [-0.39, 0.29) is 6.10 Å². The number of hydrogen-bond donors (Lipinski definition) is 1. The van der Waals surface area contributed by atoms with Gasteiger partial charge in [-0.15, -0.1) is 0 Å². The molecule has 1 aliphatic carbocycles. The fourth-order valence-electron chi connectivity index (χ4n) is 1.69. The van der Waals surface area contributed by atoms with E-state index in [9.17, 15) is 5.11 Å². The molecule has 1 aromatic heterocycles. The first-order valence-electron chi connectivity index (χ1n) is 4.00. The second-order valence-electron chi connectivity index (χ2n) is 3.32. The predicted octanol–water partition coefficient (Wildman–Crippen LogP) is 2.07. The highest BCUT2D eigenvalue weighted by Gasteiger charge is 2.28. The minimum absolute atomic E-state index is 0.320. The molecule has 1 N–H and O–H groups in total.